The van der Waals surface area contributed by atoms with Crippen molar-refractivity contribution in [2.24, 2.45) is 0 Å². The summed E-state index contributed by atoms with van der Waals surface area (Å²) in [6.45, 7) is 4.99. The van der Waals surface area contributed by atoms with Crippen molar-refractivity contribution in [3.05, 3.63) is 46.6 Å². The SMILES string of the molecule is CCNc1ncc(Br)c(NC(CC)c2ccccc2)n1. The summed E-state index contributed by atoms with van der Waals surface area (Å²) in [5, 5.41) is 6.60. The number of hydrogen-bond acceptors (Lipinski definition) is 4. The van der Waals surface area contributed by atoms with Crippen molar-refractivity contribution in [2.45, 2.75) is 26.3 Å². The topological polar surface area (TPSA) is 49.8 Å². The first-order valence-electron chi connectivity index (χ1n) is 6.82. The van der Waals surface area contributed by atoms with E-state index in [4.69, 9.17) is 0 Å². The summed E-state index contributed by atoms with van der Waals surface area (Å²) in [6.07, 6.45) is 2.75. The molecule has 1 aromatic carbocycles. The number of anilines is 2. The number of nitrogens with zero attached hydrogens (tertiary/aromatic N) is 2. The third-order valence-corrected chi connectivity index (χ3v) is 3.58. The molecule has 0 saturated carbocycles. The van der Waals surface area contributed by atoms with Gasteiger partial charge in [-0.15, -0.1) is 0 Å². The molecule has 0 bridgehead atoms. The maximum absolute atomic E-state index is 4.50. The highest BCUT2D eigenvalue weighted by atomic mass is 79.9. The monoisotopic (exact) mass is 334 g/mol. The summed E-state index contributed by atoms with van der Waals surface area (Å²) in [5.74, 6) is 1.45. The lowest BCUT2D eigenvalue weighted by Crippen LogP contribution is -2.12. The molecule has 20 heavy (non-hydrogen) atoms. The molecule has 0 aliphatic rings. The van der Waals surface area contributed by atoms with E-state index < -0.39 is 0 Å². The molecule has 0 saturated heterocycles. The number of hydrogen-bond donors (Lipinski definition) is 2. The fraction of sp³-hybridized carbons (Fsp3) is 0.333. The molecule has 1 heterocycles. The number of benzene rings is 1. The summed E-state index contributed by atoms with van der Waals surface area (Å²) < 4.78 is 0.869. The Hall–Kier alpha value is -1.62. The van der Waals surface area contributed by atoms with Crippen molar-refractivity contribution in [1.82, 2.24) is 9.97 Å². The van der Waals surface area contributed by atoms with Gasteiger partial charge < -0.3 is 10.6 Å². The van der Waals surface area contributed by atoms with E-state index >= 15 is 0 Å². The van der Waals surface area contributed by atoms with Crippen LogP contribution in [0.25, 0.3) is 0 Å². The predicted molar refractivity (Wildman–Crippen MR) is 87.0 cm³/mol. The largest absolute Gasteiger partial charge is 0.362 e. The Morgan fingerprint density at radius 1 is 1.20 bits per heavy atom. The van der Waals surface area contributed by atoms with Crippen LogP contribution in [0.15, 0.2) is 41.0 Å². The molecular weight excluding hydrogens is 316 g/mol. The van der Waals surface area contributed by atoms with E-state index in [0.29, 0.717) is 5.95 Å². The molecule has 1 atom stereocenters. The van der Waals surface area contributed by atoms with Crippen molar-refractivity contribution in [2.75, 3.05) is 17.2 Å². The normalized spacial score (nSPS) is 11.9. The van der Waals surface area contributed by atoms with Gasteiger partial charge in [0.2, 0.25) is 5.95 Å². The van der Waals surface area contributed by atoms with Crippen LogP contribution in [0.5, 0.6) is 0 Å². The first-order valence-corrected chi connectivity index (χ1v) is 7.61. The molecule has 0 radical (unpaired) electrons. The lowest BCUT2D eigenvalue weighted by atomic mass is 10.0. The molecule has 2 aromatic rings. The molecule has 1 aromatic heterocycles. The van der Waals surface area contributed by atoms with Crippen LogP contribution in [0.3, 0.4) is 0 Å². The molecule has 0 aliphatic heterocycles. The molecule has 106 valence electrons. The third kappa shape index (κ3) is 3.70. The first-order chi connectivity index (χ1) is 9.74. The molecular formula is C15H19BrN4. The van der Waals surface area contributed by atoms with Crippen LogP contribution in [0.1, 0.15) is 31.9 Å². The fourth-order valence-electron chi connectivity index (χ4n) is 1.98. The quantitative estimate of drug-likeness (QED) is 0.829. The molecule has 2 N–H and O–H groups in total. The van der Waals surface area contributed by atoms with Gasteiger partial charge in [0, 0.05) is 12.7 Å². The number of halogens is 1. The van der Waals surface area contributed by atoms with E-state index in [2.05, 4.69) is 67.7 Å². The molecule has 4 nitrogen and oxygen atoms in total. The van der Waals surface area contributed by atoms with Gasteiger partial charge in [-0.25, -0.2) is 4.98 Å². The summed E-state index contributed by atoms with van der Waals surface area (Å²) >= 11 is 3.50. The van der Waals surface area contributed by atoms with Gasteiger partial charge in [0.25, 0.3) is 0 Å². The number of nitrogens with one attached hydrogen (secondary N) is 2. The summed E-state index contributed by atoms with van der Waals surface area (Å²) in [6, 6.07) is 10.6. The van der Waals surface area contributed by atoms with Gasteiger partial charge in [0.15, 0.2) is 0 Å². The maximum atomic E-state index is 4.50. The molecule has 0 aliphatic carbocycles. The van der Waals surface area contributed by atoms with Crippen molar-refractivity contribution in [3.63, 3.8) is 0 Å². The standard InChI is InChI=1S/C15H19BrN4/c1-3-13(11-8-6-5-7-9-11)19-14-12(16)10-18-15(20-14)17-4-2/h5-10,13H,3-4H2,1-2H3,(H2,17,18,19,20). The van der Waals surface area contributed by atoms with Crippen LogP contribution in [0, 0.1) is 0 Å². The Bertz CT molecular complexity index is 545. The third-order valence-electron chi connectivity index (χ3n) is 3.00. The van der Waals surface area contributed by atoms with Crippen LogP contribution in [-0.2, 0) is 0 Å². The molecule has 1 unspecified atom stereocenters. The van der Waals surface area contributed by atoms with Crippen molar-refractivity contribution >= 4 is 27.7 Å². The second-order valence-electron chi connectivity index (χ2n) is 4.44. The van der Waals surface area contributed by atoms with Gasteiger partial charge in [-0.05, 0) is 34.8 Å². The predicted octanol–water partition coefficient (Wildman–Crippen LogP) is 4.23. The van der Waals surface area contributed by atoms with E-state index in [1.54, 1.807) is 6.20 Å². The van der Waals surface area contributed by atoms with Gasteiger partial charge >= 0.3 is 0 Å². The number of rotatable bonds is 6. The van der Waals surface area contributed by atoms with Crippen LogP contribution in [0.2, 0.25) is 0 Å². The molecule has 2 rings (SSSR count). The average molecular weight is 335 g/mol. The van der Waals surface area contributed by atoms with Gasteiger partial charge in [0.05, 0.1) is 10.5 Å². The van der Waals surface area contributed by atoms with Crippen molar-refractivity contribution in [1.29, 1.82) is 0 Å². The molecule has 0 fully saturated rings. The van der Waals surface area contributed by atoms with E-state index in [9.17, 15) is 0 Å². The van der Waals surface area contributed by atoms with Crippen molar-refractivity contribution in [3.8, 4) is 0 Å². The maximum Gasteiger partial charge on any atom is 0.224 e. The minimum Gasteiger partial charge on any atom is -0.362 e. The van der Waals surface area contributed by atoms with Crippen LogP contribution in [-0.4, -0.2) is 16.5 Å². The highest BCUT2D eigenvalue weighted by molar-refractivity contribution is 9.10. The Morgan fingerprint density at radius 2 is 1.95 bits per heavy atom. The van der Waals surface area contributed by atoms with E-state index in [1.807, 2.05) is 13.0 Å². The van der Waals surface area contributed by atoms with E-state index in [-0.39, 0.29) is 6.04 Å². The van der Waals surface area contributed by atoms with Gasteiger partial charge in [0.1, 0.15) is 5.82 Å². The zero-order chi connectivity index (χ0) is 14.4. The highest BCUT2D eigenvalue weighted by Gasteiger charge is 2.12. The first kappa shape index (κ1) is 14.8. The molecule has 0 amide bonds. The Morgan fingerprint density at radius 3 is 2.60 bits per heavy atom. The van der Waals surface area contributed by atoms with Crippen LogP contribution in [0.4, 0.5) is 11.8 Å². The highest BCUT2D eigenvalue weighted by Crippen LogP contribution is 2.26. The van der Waals surface area contributed by atoms with Crippen LogP contribution < -0.4 is 10.6 Å². The zero-order valence-electron chi connectivity index (χ0n) is 11.7. The van der Waals surface area contributed by atoms with Crippen molar-refractivity contribution < 1.29 is 0 Å². The second kappa shape index (κ2) is 7.24. The number of aromatic nitrogens is 2. The summed E-state index contributed by atoms with van der Waals surface area (Å²) in [5.41, 5.74) is 1.26. The minimum atomic E-state index is 0.233. The van der Waals surface area contributed by atoms with Gasteiger partial charge in [-0.3, -0.25) is 0 Å². The van der Waals surface area contributed by atoms with E-state index in [0.717, 1.165) is 23.3 Å². The zero-order valence-corrected chi connectivity index (χ0v) is 13.3. The minimum absolute atomic E-state index is 0.233. The van der Waals surface area contributed by atoms with Crippen LogP contribution >= 0.6 is 15.9 Å². The summed E-state index contributed by atoms with van der Waals surface area (Å²) in [7, 11) is 0. The Kier molecular flexibility index (Phi) is 5.35. The Balaban J connectivity index is 2.21. The lowest BCUT2D eigenvalue weighted by Gasteiger charge is -2.19. The Labute approximate surface area is 128 Å². The molecule has 0 spiro atoms. The van der Waals surface area contributed by atoms with Gasteiger partial charge in [-0.1, -0.05) is 37.3 Å². The summed E-state index contributed by atoms with van der Waals surface area (Å²) in [4.78, 5) is 8.72. The van der Waals surface area contributed by atoms with E-state index in [1.165, 1.54) is 5.56 Å². The van der Waals surface area contributed by atoms with Gasteiger partial charge in [-0.2, -0.15) is 4.98 Å². The second-order valence-corrected chi connectivity index (χ2v) is 5.29. The lowest BCUT2D eigenvalue weighted by molar-refractivity contribution is 0.743. The fourth-order valence-corrected chi connectivity index (χ4v) is 2.29. The smallest absolute Gasteiger partial charge is 0.224 e. The molecule has 5 heteroatoms. The average Bonchev–Trinajstić information content (AvgIpc) is 2.49.